The first kappa shape index (κ1) is 15.4. The molecule has 1 saturated carbocycles. The maximum absolute atomic E-state index is 11.9. The average molecular weight is 315 g/mol. The van der Waals surface area contributed by atoms with E-state index in [0.717, 1.165) is 23.8 Å². The summed E-state index contributed by atoms with van der Waals surface area (Å²) in [6.45, 7) is 2.71. The van der Waals surface area contributed by atoms with E-state index < -0.39 is 0 Å². The number of benzene rings is 1. The third-order valence-corrected chi connectivity index (χ3v) is 3.88. The number of amides is 3. The fraction of sp³-hybridized carbons (Fsp3) is 0.412. The van der Waals surface area contributed by atoms with E-state index in [-0.39, 0.29) is 23.9 Å². The fourth-order valence-electron chi connectivity index (χ4n) is 2.39. The van der Waals surface area contributed by atoms with E-state index in [1.165, 1.54) is 0 Å². The molecule has 1 aromatic carbocycles. The number of urea groups is 1. The smallest absolute Gasteiger partial charge is 0.315 e. The van der Waals surface area contributed by atoms with E-state index in [1.54, 1.807) is 0 Å². The predicted molar refractivity (Wildman–Crippen MR) is 86.9 cm³/mol. The zero-order chi connectivity index (χ0) is 16.2. The van der Waals surface area contributed by atoms with Gasteiger partial charge in [0.2, 0.25) is 5.91 Å². The molecular weight excluding hydrogens is 294 g/mol. The van der Waals surface area contributed by atoms with Gasteiger partial charge in [-0.3, -0.25) is 4.79 Å². The molecule has 6 heteroatoms. The summed E-state index contributed by atoms with van der Waals surface area (Å²) in [5.41, 5.74) is 0.805. The van der Waals surface area contributed by atoms with E-state index in [4.69, 9.17) is 4.42 Å². The summed E-state index contributed by atoms with van der Waals surface area (Å²) in [5, 5.41) is 9.37. The quantitative estimate of drug-likeness (QED) is 0.715. The molecule has 6 nitrogen and oxygen atoms in total. The van der Waals surface area contributed by atoms with E-state index in [0.29, 0.717) is 18.8 Å². The van der Waals surface area contributed by atoms with Gasteiger partial charge in [0.05, 0.1) is 6.04 Å². The van der Waals surface area contributed by atoms with Crippen molar-refractivity contribution in [2.24, 2.45) is 5.92 Å². The van der Waals surface area contributed by atoms with Crippen LogP contribution in [-0.4, -0.2) is 25.0 Å². The lowest BCUT2D eigenvalue weighted by molar-refractivity contribution is -0.122. The molecule has 0 spiro atoms. The number of furan rings is 1. The molecule has 3 amide bonds. The standard InChI is InChI=1S/C17H21N3O3/c1-11(15-10-13-4-2-3-5-14(13)23-15)20-17(22)19-9-8-18-16(21)12-6-7-12/h2-5,10-12H,6-9H2,1H3,(H,18,21)(H2,19,20,22). The molecule has 0 radical (unpaired) electrons. The molecule has 1 aliphatic carbocycles. The second-order valence-electron chi connectivity index (χ2n) is 5.87. The van der Waals surface area contributed by atoms with Crippen molar-refractivity contribution in [3.05, 3.63) is 36.1 Å². The first-order valence-corrected chi connectivity index (χ1v) is 7.94. The van der Waals surface area contributed by atoms with Crippen molar-refractivity contribution in [2.45, 2.75) is 25.8 Å². The Hall–Kier alpha value is -2.50. The van der Waals surface area contributed by atoms with Crippen LogP contribution in [0.1, 0.15) is 31.6 Å². The Kier molecular flexibility index (Phi) is 4.50. The SMILES string of the molecule is CC(NC(=O)NCCNC(=O)C1CC1)c1cc2ccccc2o1. The van der Waals surface area contributed by atoms with Crippen molar-refractivity contribution in [1.82, 2.24) is 16.0 Å². The maximum Gasteiger partial charge on any atom is 0.315 e. The Morgan fingerprint density at radius 2 is 1.96 bits per heavy atom. The van der Waals surface area contributed by atoms with Crippen molar-refractivity contribution in [1.29, 1.82) is 0 Å². The highest BCUT2D eigenvalue weighted by molar-refractivity contribution is 5.81. The Morgan fingerprint density at radius 3 is 2.70 bits per heavy atom. The number of para-hydroxylation sites is 1. The van der Waals surface area contributed by atoms with E-state index in [1.807, 2.05) is 37.3 Å². The summed E-state index contributed by atoms with van der Waals surface area (Å²) in [4.78, 5) is 23.3. The van der Waals surface area contributed by atoms with Gasteiger partial charge in [-0.1, -0.05) is 18.2 Å². The third-order valence-electron chi connectivity index (χ3n) is 3.88. The van der Waals surface area contributed by atoms with Crippen molar-refractivity contribution in [3.63, 3.8) is 0 Å². The highest BCUT2D eigenvalue weighted by Crippen LogP contribution is 2.28. The molecule has 23 heavy (non-hydrogen) atoms. The third kappa shape index (κ3) is 4.03. The van der Waals surface area contributed by atoms with Crippen molar-refractivity contribution in [3.8, 4) is 0 Å². The van der Waals surface area contributed by atoms with Crippen molar-refractivity contribution < 1.29 is 14.0 Å². The Morgan fingerprint density at radius 1 is 1.22 bits per heavy atom. The Bertz CT molecular complexity index is 673. The van der Waals surface area contributed by atoms with Gasteiger partial charge < -0.3 is 20.4 Å². The van der Waals surface area contributed by atoms with Gasteiger partial charge >= 0.3 is 6.03 Å². The molecule has 0 saturated heterocycles. The van der Waals surface area contributed by atoms with E-state index in [9.17, 15) is 9.59 Å². The molecule has 3 N–H and O–H groups in total. The highest BCUT2D eigenvalue weighted by atomic mass is 16.3. The van der Waals surface area contributed by atoms with E-state index in [2.05, 4.69) is 16.0 Å². The predicted octanol–water partition coefficient (Wildman–Crippen LogP) is 2.32. The van der Waals surface area contributed by atoms with Gasteiger partial charge in [-0.25, -0.2) is 4.79 Å². The van der Waals surface area contributed by atoms with Gasteiger partial charge in [-0.05, 0) is 31.9 Å². The van der Waals surface area contributed by atoms with Crippen LogP contribution in [0.25, 0.3) is 11.0 Å². The molecule has 1 atom stereocenters. The van der Waals surface area contributed by atoms with Crippen molar-refractivity contribution in [2.75, 3.05) is 13.1 Å². The maximum atomic E-state index is 11.9. The largest absolute Gasteiger partial charge is 0.459 e. The van der Waals surface area contributed by atoms with E-state index >= 15 is 0 Å². The number of rotatable bonds is 6. The lowest BCUT2D eigenvalue weighted by Gasteiger charge is -2.12. The first-order valence-electron chi connectivity index (χ1n) is 7.94. The summed E-state index contributed by atoms with van der Waals surface area (Å²) in [5.74, 6) is 0.989. The van der Waals surface area contributed by atoms with Crippen LogP contribution in [0, 0.1) is 5.92 Å². The van der Waals surface area contributed by atoms with Gasteiger partial charge in [0.15, 0.2) is 0 Å². The minimum atomic E-state index is -0.279. The zero-order valence-corrected chi connectivity index (χ0v) is 13.1. The molecule has 1 heterocycles. The minimum Gasteiger partial charge on any atom is -0.459 e. The summed E-state index contributed by atoms with van der Waals surface area (Å²) in [7, 11) is 0. The Labute approximate surface area is 134 Å². The summed E-state index contributed by atoms with van der Waals surface area (Å²) in [6, 6.07) is 9.14. The van der Waals surface area contributed by atoms with Crippen LogP contribution in [0.4, 0.5) is 4.79 Å². The molecule has 2 aromatic rings. The number of fused-ring (bicyclic) bond motifs is 1. The average Bonchev–Trinajstić information content (AvgIpc) is 3.29. The number of carbonyl (C=O) groups excluding carboxylic acids is 2. The fourth-order valence-corrected chi connectivity index (χ4v) is 2.39. The van der Waals surface area contributed by atoms with Gasteiger partial charge in [0.25, 0.3) is 0 Å². The van der Waals surface area contributed by atoms with Crippen LogP contribution in [0.15, 0.2) is 34.7 Å². The van der Waals surface area contributed by atoms with Crippen LogP contribution in [-0.2, 0) is 4.79 Å². The molecular formula is C17H21N3O3. The molecule has 0 bridgehead atoms. The normalized spacial score (nSPS) is 15.2. The second kappa shape index (κ2) is 6.73. The van der Waals surface area contributed by atoms with Crippen molar-refractivity contribution >= 4 is 22.9 Å². The molecule has 122 valence electrons. The minimum absolute atomic E-state index is 0.0860. The molecule has 1 unspecified atom stereocenters. The summed E-state index contributed by atoms with van der Waals surface area (Å²) in [6.07, 6.45) is 1.96. The molecule has 3 rings (SSSR count). The number of hydrogen-bond acceptors (Lipinski definition) is 3. The van der Waals surface area contributed by atoms with Gasteiger partial charge in [-0.15, -0.1) is 0 Å². The Balaban J connectivity index is 1.42. The second-order valence-corrected chi connectivity index (χ2v) is 5.87. The summed E-state index contributed by atoms with van der Waals surface area (Å²) >= 11 is 0. The zero-order valence-electron chi connectivity index (χ0n) is 13.1. The number of nitrogens with one attached hydrogen (secondary N) is 3. The van der Waals surface area contributed by atoms with Crippen LogP contribution in [0.3, 0.4) is 0 Å². The topological polar surface area (TPSA) is 83.4 Å². The highest BCUT2D eigenvalue weighted by Gasteiger charge is 2.29. The molecule has 1 aromatic heterocycles. The van der Waals surface area contributed by atoms with Crippen LogP contribution in [0.2, 0.25) is 0 Å². The first-order chi connectivity index (χ1) is 11.1. The number of hydrogen-bond donors (Lipinski definition) is 3. The van der Waals surface area contributed by atoms with Crippen LogP contribution in [0.5, 0.6) is 0 Å². The van der Waals surface area contributed by atoms with Gasteiger partial charge in [-0.2, -0.15) is 0 Å². The van der Waals surface area contributed by atoms with Crippen LogP contribution >= 0.6 is 0 Å². The van der Waals surface area contributed by atoms with Crippen LogP contribution < -0.4 is 16.0 Å². The molecule has 1 aliphatic rings. The number of carbonyl (C=O) groups is 2. The lowest BCUT2D eigenvalue weighted by Crippen LogP contribution is -2.41. The lowest BCUT2D eigenvalue weighted by atomic mass is 10.2. The molecule has 1 fully saturated rings. The van der Waals surface area contributed by atoms with Gasteiger partial charge in [0, 0.05) is 24.4 Å². The summed E-state index contributed by atoms with van der Waals surface area (Å²) < 4.78 is 5.72. The molecule has 0 aliphatic heterocycles. The monoisotopic (exact) mass is 315 g/mol. The van der Waals surface area contributed by atoms with Gasteiger partial charge in [0.1, 0.15) is 11.3 Å².